The van der Waals surface area contributed by atoms with E-state index in [0.29, 0.717) is 12.5 Å². The van der Waals surface area contributed by atoms with Gasteiger partial charge in [0.25, 0.3) is 0 Å². The van der Waals surface area contributed by atoms with E-state index in [1.807, 2.05) is 6.92 Å². The van der Waals surface area contributed by atoms with Crippen molar-refractivity contribution < 1.29 is 4.79 Å². The summed E-state index contributed by atoms with van der Waals surface area (Å²) in [7, 11) is 0. The Hall–Kier alpha value is -1.01. The standard InChI is InChI=1S/C13H22N2O/c1-4-6-12(5-2)15-13(16)11-7-8-14-10(3)9-11/h1,10-12,14H,5-9H2,2-3H3,(H,15,16). The van der Waals surface area contributed by atoms with Crippen LogP contribution in [0, 0.1) is 18.3 Å². The fourth-order valence-electron chi connectivity index (χ4n) is 2.13. The number of amides is 1. The van der Waals surface area contributed by atoms with Crippen LogP contribution in [0.4, 0.5) is 0 Å². The van der Waals surface area contributed by atoms with Gasteiger partial charge in [-0.25, -0.2) is 0 Å². The predicted octanol–water partition coefficient (Wildman–Crippen LogP) is 1.29. The quantitative estimate of drug-likeness (QED) is 0.704. The van der Waals surface area contributed by atoms with Crippen LogP contribution in [-0.2, 0) is 4.79 Å². The Morgan fingerprint density at radius 1 is 1.69 bits per heavy atom. The molecule has 0 aromatic heterocycles. The van der Waals surface area contributed by atoms with Crippen molar-refractivity contribution in [3.8, 4) is 12.3 Å². The highest BCUT2D eigenvalue weighted by Gasteiger charge is 2.25. The summed E-state index contributed by atoms with van der Waals surface area (Å²) in [5.41, 5.74) is 0. The molecule has 0 radical (unpaired) electrons. The van der Waals surface area contributed by atoms with Gasteiger partial charge < -0.3 is 10.6 Å². The second-order valence-electron chi connectivity index (χ2n) is 4.60. The van der Waals surface area contributed by atoms with Gasteiger partial charge in [0.15, 0.2) is 0 Å². The van der Waals surface area contributed by atoms with Crippen LogP contribution in [-0.4, -0.2) is 24.5 Å². The van der Waals surface area contributed by atoms with Gasteiger partial charge in [0.05, 0.1) is 0 Å². The molecule has 0 aromatic carbocycles. The first-order valence-electron chi connectivity index (χ1n) is 6.14. The van der Waals surface area contributed by atoms with Gasteiger partial charge in [0.2, 0.25) is 5.91 Å². The summed E-state index contributed by atoms with van der Waals surface area (Å²) in [5.74, 6) is 2.94. The minimum absolute atomic E-state index is 0.141. The van der Waals surface area contributed by atoms with Crippen LogP contribution in [0.25, 0.3) is 0 Å². The molecule has 1 rings (SSSR count). The van der Waals surface area contributed by atoms with E-state index in [-0.39, 0.29) is 17.9 Å². The molecule has 0 aromatic rings. The Kier molecular flexibility index (Phi) is 5.34. The van der Waals surface area contributed by atoms with Crippen LogP contribution in [0.3, 0.4) is 0 Å². The molecule has 1 fully saturated rings. The summed E-state index contributed by atoms with van der Waals surface area (Å²) in [6.07, 6.45) is 8.66. The molecule has 3 nitrogen and oxygen atoms in total. The highest BCUT2D eigenvalue weighted by molar-refractivity contribution is 5.79. The zero-order valence-electron chi connectivity index (χ0n) is 10.3. The highest BCUT2D eigenvalue weighted by atomic mass is 16.1. The lowest BCUT2D eigenvalue weighted by Crippen LogP contribution is -2.45. The molecular weight excluding hydrogens is 200 g/mol. The minimum Gasteiger partial charge on any atom is -0.352 e. The lowest BCUT2D eigenvalue weighted by Gasteiger charge is -2.28. The van der Waals surface area contributed by atoms with E-state index < -0.39 is 0 Å². The zero-order chi connectivity index (χ0) is 12.0. The molecule has 2 N–H and O–H groups in total. The molecule has 3 heteroatoms. The summed E-state index contributed by atoms with van der Waals surface area (Å²) in [5, 5.41) is 6.40. The lowest BCUT2D eigenvalue weighted by molar-refractivity contribution is -0.126. The third-order valence-corrected chi connectivity index (χ3v) is 3.20. The van der Waals surface area contributed by atoms with Crippen LogP contribution in [0.1, 0.15) is 39.5 Å². The summed E-state index contributed by atoms with van der Waals surface area (Å²) >= 11 is 0. The Labute approximate surface area is 98.4 Å². The summed E-state index contributed by atoms with van der Waals surface area (Å²) in [4.78, 5) is 12.0. The van der Waals surface area contributed by atoms with Crippen molar-refractivity contribution in [2.45, 2.75) is 51.6 Å². The molecule has 0 bridgehead atoms. The molecule has 1 aliphatic heterocycles. The Bertz CT molecular complexity index is 270. The molecule has 1 heterocycles. The third-order valence-electron chi connectivity index (χ3n) is 3.20. The largest absolute Gasteiger partial charge is 0.352 e. The van der Waals surface area contributed by atoms with Gasteiger partial charge in [0.1, 0.15) is 0 Å². The van der Waals surface area contributed by atoms with Crippen molar-refractivity contribution in [2.75, 3.05) is 6.54 Å². The van der Waals surface area contributed by atoms with E-state index in [4.69, 9.17) is 6.42 Å². The molecule has 90 valence electrons. The molecule has 3 atom stereocenters. The molecule has 0 spiro atoms. The van der Waals surface area contributed by atoms with Crippen molar-refractivity contribution in [1.82, 2.24) is 10.6 Å². The number of rotatable bonds is 4. The fourth-order valence-corrected chi connectivity index (χ4v) is 2.13. The number of piperidine rings is 1. The summed E-state index contributed by atoms with van der Waals surface area (Å²) < 4.78 is 0. The van der Waals surface area contributed by atoms with E-state index in [2.05, 4.69) is 23.5 Å². The average Bonchev–Trinajstić information content (AvgIpc) is 2.28. The Morgan fingerprint density at radius 2 is 2.44 bits per heavy atom. The number of carbonyl (C=O) groups is 1. The minimum atomic E-state index is 0.141. The Morgan fingerprint density at radius 3 is 3.00 bits per heavy atom. The molecule has 16 heavy (non-hydrogen) atoms. The maximum absolute atomic E-state index is 12.0. The monoisotopic (exact) mass is 222 g/mol. The number of terminal acetylenes is 1. The summed E-state index contributed by atoms with van der Waals surface area (Å²) in [6.45, 7) is 5.11. The van der Waals surface area contributed by atoms with E-state index in [1.165, 1.54) is 0 Å². The van der Waals surface area contributed by atoms with Crippen LogP contribution in [0.2, 0.25) is 0 Å². The van der Waals surface area contributed by atoms with Crippen LogP contribution in [0.15, 0.2) is 0 Å². The first-order valence-corrected chi connectivity index (χ1v) is 6.14. The van der Waals surface area contributed by atoms with Gasteiger partial charge in [0, 0.05) is 24.4 Å². The lowest BCUT2D eigenvalue weighted by atomic mass is 9.92. The smallest absolute Gasteiger partial charge is 0.223 e. The second-order valence-corrected chi connectivity index (χ2v) is 4.60. The number of hydrogen-bond donors (Lipinski definition) is 2. The van der Waals surface area contributed by atoms with Crippen LogP contribution >= 0.6 is 0 Å². The van der Waals surface area contributed by atoms with Crippen LogP contribution < -0.4 is 10.6 Å². The van der Waals surface area contributed by atoms with E-state index in [9.17, 15) is 4.79 Å². The maximum Gasteiger partial charge on any atom is 0.223 e. The molecule has 0 aliphatic carbocycles. The van der Waals surface area contributed by atoms with Gasteiger partial charge in [-0.05, 0) is 32.7 Å². The van der Waals surface area contributed by atoms with Crippen LogP contribution in [0.5, 0.6) is 0 Å². The topological polar surface area (TPSA) is 41.1 Å². The van der Waals surface area contributed by atoms with Crippen molar-refractivity contribution >= 4 is 5.91 Å². The van der Waals surface area contributed by atoms with Gasteiger partial charge in [-0.2, -0.15) is 0 Å². The average molecular weight is 222 g/mol. The second kappa shape index (κ2) is 6.55. The first-order chi connectivity index (χ1) is 7.67. The molecule has 1 aliphatic rings. The Balaban J connectivity index is 2.41. The molecule has 0 saturated carbocycles. The van der Waals surface area contributed by atoms with Gasteiger partial charge in [-0.1, -0.05) is 6.92 Å². The first kappa shape index (κ1) is 13.1. The van der Waals surface area contributed by atoms with Crippen molar-refractivity contribution in [2.24, 2.45) is 5.92 Å². The third kappa shape index (κ3) is 3.86. The van der Waals surface area contributed by atoms with E-state index >= 15 is 0 Å². The van der Waals surface area contributed by atoms with Gasteiger partial charge >= 0.3 is 0 Å². The predicted molar refractivity (Wildman–Crippen MR) is 65.9 cm³/mol. The zero-order valence-corrected chi connectivity index (χ0v) is 10.3. The SMILES string of the molecule is C#CCC(CC)NC(=O)C1CCNC(C)C1. The van der Waals surface area contributed by atoms with Crippen molar-refractivity contribution in [3.05, 3.63) is 0 Å². The number of hydrogen-bond acceptors (Lipinski definition) is 2. The number of carbonyl (C=O) groups excluding carboxylic acids is 1. The van der Waals surface area contributed by atoms with Crippen molar-refractivity contribution in [1.29, 1.82) is 0 Å². The number of nitrogens with one attached hydrogen (secondary N) is 2. The molecule has 1 amide bonds. The highest BCUT2D eigenvalue weighted by Crippen LogP contribution is 2.16. The molecular formula is C13H22N2O. The fraction of sp³-hybridized carbons (Fsp3) is 0.769. The molecule has 3 unspecified atom stereocenters. The van der Waals surface area contributed by atoms with E-state index in [0.717, 1.165) is 25.8 Å². The maximum atomic E-state index is 12.0. The summed E-state index contributed by atoms with van der Waals surface area (Å²) in [6, 6.07) is 0.583. The van der Waals surface area contributed by atoms with Crippen molar-refractivity contribution in [3.63, 3.8) is 0 Å². The van der Waals surface area contributed by atoms with Gasteiger partial charge in [-0.3, -0.25) is 4.79 Å². The normalized spacial score (nSPS) is 26.8. The molecule has 1 saturated heterocycles. The van der Waals surface area contributed by atoms with E-state index in [1.54, 1.807) is 0 Å². The van der Waals surface area contributed by atoms with Gasteiger partial charge in [-0.15, -0.1) is 12.3 Å².